The van der Waals surface area contributed by atoms with Crippen molar-refractivity contribution in [2.24, 2.45) is 0 Å². The van der Waals surface area contributed by atoms with Crippen molar-refractivity contribution in [1.29, 1.82) is 0 Å². The number of aromatic nitrogens is 1. The van der Waals surface area contributed by atoms with Crippen LogP contribution in [0.3, 0.4) is 0 Å². The van der Waals surface area contributed by atoms with Crippen molar-refractivity contribution in [2.75, 3.05) is 5.32 Å². The third kappa shape index (κ3) is 4.43. The van der Waals surface area contributed by atoms with Gasteiger partial charge in [0.05, 0.1) is 17.3 Å². The van der Waals surface area contributed by atoms with Crippen LogP contribution in [0.15, 0.2) is 53.9 Å². The summed E-state index contributed by atoms with van der Waals surface area (Å²) < 4.78 is 0. The van der Waals surface area contributed by atoms with Crippen LogP contribution in [0.25, 0.3) is 11.3 Å². The molecule has 2 amide bonds. The van der Waals surface area contributed by atoms with Crippen LogP contribution >= 0.6 is 11.3 Å². The van der Waals surface area contributed by atoms with E-state index in [1.807, 2.05) is 60.8 Å². The van der Waals surface area contributed by atoms with E-state index in [-0.39, 0.29) is 12.6 Å². The summed E-state index contributed by atoms with van der Waals surface area (Å²) in [5.74, 6) is 0. The Balaban J connectivity index is 1.57. The first kappa shape index (κ1) is 17.1. The standard InChI is InChI=1S/C19H19N3O2S/c1-13-21-18(12-25-13)14-6-8-17(9-7-14)22-19(24)20-10-15-4-2-3-5-16(15)11-23/h2-9,12,23H,10-11H2,1H3,(H2,20,22,24). The van der Waals surface area contributed by atoms with Crippen molar-refractivity contribution in [3.8, 4) is 11.3 Å². The number of thiazole rings is 1. The number of amides is 2. The smallest absolute Gasteiger partial charge is 0.319 e. The monoisotopic (exact) mass is 353 g/mol. The van der Waals surface area contributed by atoms with E-state index in [9.17, 15) is 9.90 Å². The lowest BCUT2D eigenvalue weighted by Crippen LogP contribution is -2.28. The molecule has 0 atom stereocenters. The first-order valence-electron chi connectivity index (χ1n) is 7.91. The number of hydrogen-bond acceptors (Lipinski definition) is 4. The Morgan fingerprint density at radius 3 is 2.48 bits per heavy atom. The molecule has 0 spiro atoms. The number of carbonyl (C=O) groups is 1. The molecule has 0 fully saturated rings. The number of nitrogens with one attached hydrogen (secondary N) is 2. The molecule has 0 aliphatic heterocycles. The fraction of sp³-hybridized carbons (Fsp3) is 0.158. The SMILES string of the molecule is Cc1nc(-c2ccc(NC(=O)NCc3ccccc3CO)cc2)cs1. The number of benzene rings is 2. The Labute approximate surface area is 150 Å². The highest BCUT2D eigenvalue weighted by atomic mass is 32.1. The van der Waals surface area contributed by atoms with E-state index in [0.717, 1.165) is 27.4 Å². The van der Waals surface area contributed by atoms with Gasteiger partial charge in [0.1, 0.15) is 0 Å². The number of anilines is 1. The van der Waals surface area contributed by atoms with Gasteiger partial charge >= 0.3 is 6.03 Å². The molecule has 2 aromatic carbocycles. The van der Waals surface area contributed by atoms with Gasteiger partial charge in [0, 0.05) is 23.2 Å². The Kier molecular flexibility index (Phi) is 5.42. The predicted molar refractivity (Wildman–Crippen MR) is 101 cm³/mol. The predicted octanol–water partition coefficient (Wildman–Crippen LogP) is 3.93. The lowest BCUT2D eigenvalue weighted by atomic mass is 10.1. The van der Waals surface area contributed by atoms with E-state index in [1.165, 1.54) is 0 Å². The van der Waals surface area contributed by atoms with E-state index >= 15 is 0 Å². The van der Waals surface area contributed by atoms with Gasteiger partial charge in [-0.1, -0.05) is 36.4 Å². The van der Waals surface area contributed by atoms with Gasteiger partial charge in [0.25, 0.3) is 0 Å². The normalized spacial score (nSPS) is 10.5. The van der Waals surface area contributed by atoms with Gasteiger partial charge < -0.3 is 15.7 Å². The molecule has 0 aliphatic rings. The molecule has 1 aromatic heterocycles. The van der Waals surface area contributed by atoms with Crippen molar-refractivity contribution < 1.29 is 9.90 Å². The summed E-state index contributed by atoms with van der Waals surface area (Å²) in [4.78, 5) is 16.5. The van der Waals surface area contributed by atoms with Crippen LogP contribution in [0.2, 0.25) is 0 Å². The van der Waals surface area contributed by atoms with Crippen molar-refractivity contribution >= 4 is 23.1 Å². The number of aryl methyl sites for hydroxylation is 1. The minimum absolute atomic E-state index is 0.0446. The lowest BCUT2D eigenvalue weighted by molar-refractivity contribution is 0.251. The van der Waals surface area contributed by atoms with Crippen LogP contribution in [-0.2, 0) is 13.2 Å². The van der Waals surface area contributed by atoms with Crippen LogP contribution in [0.1, 0.15) is 16.1 Å². The topological polar surface area (TPSA) is 74.2 Å². The zero-order valence-corrected chi connectivity index (χ0v) is 14.6. The van der Waals surface area contributed by atoms with E-state index in [1.54, 1.807) is 11.3 Å². The molecule has 3 N–H and O–H groups in total. The molecule has 3 aromatic rings. The third-order valence-electron chi connectivity index (χ3n) is 3.79. The lowest BCUT2D eigenvalue weighted by Gasteiger charge is -2.10. The molecule has 0 saturated heterocycles. The number of carbonyl (C=O) groups excluding carboxylic acids is 1. The summed E-state index contributed by atoms with van der Waals surface area (Å²) in [7, 11) is 0. The Hall–Kier alpha value is -2.70. The highest BCUT2D eigenvalue weighted by molar-refractivity contribution is 7.09. The van der Waals surface area contributed by atoms with Crippen molar-refractivity contribution in [1.82, 2.24) is 10.3 Å². The Morgan fingerprint density at radius 1 is 1.12 bits per heavy atom. The maximum atomic E-state index is 12.0. The van der Waals surface area contributed by atoms with Gasteiger partial charge in [-0.3, -0.25) is 0 Å². The molecule has 0 aliphatic carbocycles. The third-order valence-corrected chi connectivity index (χ3v) is 4.56. The molecule has 6 heteroatoms. The Bertz CT molecular complexity index is 859. The average molecular weight is 353 g/mol. The fourth-order valence-electron chi connectivity index (χ4n) is 2.46. The number of aliphatic hydroxyl groups is 1. The zero-order chi connectivity index (χ0) is 17.6. The number of urea groups is 1. The average Bonchev–Trinajstić information content (AvgIpc) is 3.07. The summed E-state index contributed by atoms with van der Waals surface area (Å²) in [6.45, 7) is 2.29. The van der Waals surface area contributed by atoms with Gasteiger partial charge in [-0.15, -0.1) is 11.3 Å². The fourth-order valence-corrected chi connectivity index (χ4v) is 3.08. The molecule has 25 heavy (non-hydrogen) atoms. The summed E-state index contributed by atoms with van der Waals surface area (Å²) in [6, 6.07) is 14.8. The van der Waals surface area contributed by atoms with Crippen LogP contribution in [0.5, 0.6) is 0 Å². The van der Waals surface area contributed by atoms with Crippen LogP contribution < -0.4 is 10.6 Å². The highest BCUT2D eigenvalue weighted by Gasteiger charge is 2.06. The number of nitrogens with zero attached hydrogens (tertiary/aromatic N) is 1. The molecule has 3 rings (SSSR count). The molecule has 1 heterocycles. The van der Waals surface area contributed by atoms with Gasteiger partial charge in [-0.25, -0.2) is 9.78 Å². The summed E-state index contributed by atoms with van der Waals surface area (Å²) in [6.07, 6.45) is 0. The van der Waals surface area contributed by atoms with Crippen molar-refractivity contribution in [3.05, 3.63) is 70.0 Å². The minimum atomic E-state index is -0.287. The molecule has 0 unspecified atom stereocenters. The van der Waals surface area contributed by atoms with E-state index in [2.05, 4.69) is 15.6 Å². The van der Waals surface area contributed by atoms with Crippen LogP contribution in [0, 0.1) is 6.92 Å². The van der Waals surface area contributed by atoms with E-state index < -0.39 is 0 Å². The van der Waals surface area contributed by atoms with Crippen molar-refractivity contribution in [2.45, 2.75) is 20.1 Å². The zero-order valence-electron chi connectivity index (χ0n) is 13.8. The second-order valence-electron chi connectivity index (χ2n) is 5.56. The number of hydrogen-bond donors (Lipinski definition) is 3. The van der Waals surface area contributed by atoms with Gasteiger partial charge in [0.15, 0.2) is 0 Å². The van der Waals surface area contributed by atoms with Crippen LogP contribution in [-0.4, -0.2) is 16.1 Å². The summed E-state index contributed by atoms with van der Waals surface area (Å²) >= 11 is 1.61. The van der Waals surface area contributed by atoms with E-state index in [0.29, 0.717) is 12.2 Å². The molecule has 0 radical (unpaired) electrons. The molecule has 0 saturated carbocycles. The summed E-state index contributed by atoms with van der Waals surface area (Å²) in [5, 5.41) is 18.0. The Morgan fingerprint density at radius 2 is 1.84 bits per heavy atom. The second kappa shape index (κ2) is 7.92. The maximum absolute atomic E-state index is 12.0. The van der Waals surface area contributed by atoms with Gasteiger partial charge in [0.2, 0.25) is 0 Å². The minimum Gasteiger partial charge on any atom is -0.392 e. The molecule has 128 valence electrons. The first-order chi connectivity index (χ1) is 12.2. The molecule has 5 nitrogen and oxygen atoms in total. The summed E-state index contributed by atoms with van der Waals surface area (Å²) in [5.41, 5.74) is 4.38. The second-order valence-corrected chi connectivity index (χ2v) is 6.63. The molecular formula is C19H19N3O2S. The molecular weight excluding hydrogens is 334 g/mol. The van der Waals surface area contributed by atoms with Crippen LogP contribution in [0.4, 0.5) is 10.5 Å². The number of rotatable bonds is 5. The number of aliphatic hydroxyl groups excluding tert-OH is 1. The maximum Gasteiger partial charge on any atom is 0.319 e. The van der Waals surface area contributed by atoms with Crippen molar-refractivity contribution in [3.63, 3.8) is 0 Å². The molecule has 0 bridgehead atoms. The van der Waals surface area contributed by atoms with Gasteiger partial charge in [-0.05, 0) is 30.2 Å². The quantitative estimate of drug-likeness (QED) is 0.650. The van der Waals surface area contributed by atoms with E-state index in [4.69, 9.17) is 0 Å². The largest absolute Gasteiger partial charge is 0.392 e. The first-order valence-corrected chi connectivity index (χ1v) is 8.79. The van der Waals surface area contributed by atoms with Gasteiger partial charge in [-0.2, -0.15) is 0 Å². The highest BCUT2D eigenvalue weighted by Crippen LogP contribution is 2.23.